The van der Waals surface area contributed by atoms with Crippen molar-refractivity contribution in [3.8, 4) is 5.75 Å². The van der Waals surface area contributed by atoms with Crippen molar-refractivity contribution >= 4 is 21.6 Å². The number of hydrogen-bond donors (Lipinski definition) is 2. The molecule has 168 valence electrons. The number of benzene rings is 3. The number of carbonyl (C=O) groups is 1. The molecule has 3 aromatic carbocycles. The van der Waals surface area contributed by atoms with Crippen molar-refractivity contribution in [2.75, 3.05) is 11.9 Å². The van der Waals surface area contributed by atoms with E-state index < -0.39 is 22.0 Å². The first kappa shape index (κ1) is 23.5. The molecule has 3 aromatic rings. The van der Waals surface area contributed by atoms with Gasteiger partial charge in [-0.2, -0.15) is 4.72 Å². The normalized spacial score (nSPS) is 12.2. The highest BCUT2D eigenvalue weighted by atomic mass is 32.2. The number of sulfonamides is 1. The van der Waals surface area contributed by atoms with Crippen LogP contribution in [0.5, 0.6) is 5.75 Å². The fraction of sp³-hybridized carbons (Fsp3) is 0.240. The third-order valence-electron chi connectivity index (χ3n) is 4.83. The molecule has 3 rings (SSSR count). The van der Waals surface area contributed by atoms with Gasteiger partial charge in [-0.25, -0.2) is 8.42 Å². The quantitative estimate of drug-likeness (QED) is 0.509. The number of amides is 1. The topological polar surface area (TPSA) is 84.5 Å². The van der Waals surface area contributed by atoms with Crippen molar-refractivity contribution in [2.45, 2.75) is 38.1 Å². The summed E-state index contributed by atoms with van der Waals surface area (Å²) in [6.45, 7) is 6.23. The maximum absolute atomic E-state index is 13.1. The lowest BCUT2D eigenvalue weighted by atomic mass is 10.1. The van der Waals surface area contributed by atoms with E-state index in [1.165, 1.54) is 12.1 Å². The van der Waals surface area contributed by atoms with Gasteiger partial charge in [-0.1, -0.05) is 36.4 Å². The van der Waals surface area contributed by atoms with Gasteiger partial charge in [0.2, 0.25) is 15.9 Å². The molecule has 0 radical (unpaired) electrons. The highest BCUT2D eigenvalue weighted by molar-refractivity contribution is 7.89. The molecule has 0 fully saturated rings. The van der Waals surface area contributed by atoms with Crippen LogP contribution < -0.4 is 14.8 Å². The molecule has 2 N–H and O–H groups in total. The number of rotatable bonds is 9. The van der Waals surface area contributed by atoms with E-state index in [0.717, 1.165) is 16.7 Å². The summed E-state index contributed by atoms with van der Waals surface area (Å²) in [5.74, 6) is 0.160. The molecule has 0 aliphatic heterocycles. The lowest BCUT2D eigenvalue weighted by molar-refractivity contribution is -0.117. The van der Waals surface area contributed by atoms with Crippen LogP contribution >= 0.6 is 0 Å². The van der Waals surface area contributed by atoms with E-state index in [2.05, 4.69) is 10.0 Å². The Morgan fingerprint density at radius 3 is 2.16 bits per heavy atom. The second-order valence-corrected chi connectivity index (χ2v) is 9.35. The van der Waals surface area contributed by atoms with Gasteiger partial charge in [0.05, 0.1) is 11.5 Å². The van der Waals surface area contributed by atoms with Crippen LogP contribution in [0.25, 0.3) is 0 Å². The minimum Gasteiger partial charge on any atom is -0.494 e. The van der Waals surface area contributed by atoms with Gasteiger partial charge < -0.3 is 10.1 Å². The second-order valence-electron chi connectivity index (χ2n) is 7.63. The van der Waals surface area contributed by atoms with E-state index in [1.54, 1.807) is 12.1 Å². The summed E-state index contributed by atoms with van der Waals surface area (Å²) in [5, 5.41) is 2.86. The molecule has 6 nitrogen and oxygen atoms in total. The van der Waals surface area contributed by atoms with E-state index in [9.17, 15) is 13.2 Å². The largest absolute Gasteiger partial charge is 0.494 e. The van der Waals surface area contributed by atoms with Crippen LogP contribution in [0.4, 0.5) is 5.69 Å². The van der Waals surface area contributed by atoms with E-state index in [0.29, 0.717) is 18.0 Å². The highest BCUT2D eigenvalue weighted by Crippen LogP contribution is 2.18. The lowest BCUT2D eigenvalue weighted by Crippen LogP contribution is -2.45. The summed E-state index contributed by atoms with van der Waals surface area (Å²) >= 11 is 0. The summed E-state index contributed by atoms with van der Waals surface area (Å²) in [6, 6.07) is 20.2. The first-order valence-electron chi connectivity index (χ1n) is 10.4. The van der Waals surface area contributed by atoms with Crippen molar-refractivity contribution < 1.29 is 17.9 Å². The van der Waals surface area contributed by atoms with Crippen LogP contribution in [0.3, 0.4) is 0 Å². The Kier molecular flexibility index (Phi) is 7.66. The van der Waals surface area contributed by atoms with Crippen LogP contribution in [0.1, 0.15) is 23.6 Å². The van der Waals surface area contributed by atoms with Gasteiger partial charge >= 0.3 is 0 Å². The lowest BCUT2D eigenvalue weighted by Gasteiger charge is -2.19. The Morgan fingerprint density at radius 2 is 1.56 bits per heavy atom. The number of anilines is 1. The molecule has 0 spiro atoms. The fourth-order valence-electron chi connectivity index (χ4n) is 3.45. The van der Waals surface area contributed by atoms with Gasteiger partial charge in [-0.05, 0) is 80.3 Å². The van der Waals surface area contributed by atoms with Crippen LogP contribution in [-0.2, 0) is 21.2 Å². The number of ether oxygens (including phenoxy) is 1. The second kappa shape index (κ2) is 10.4. The SMILES string of the molecule is CCOc1ccc(S(=O)(=O)N[C@@H](Cc2ccccc2)C(=O)Nc2cc(C)cc(C)c2)cc1. The third-order valence-corrected chi connectivity index (χ3v) is 6.32. The van der Waals surface area contributed by atoms with Crippen molar-refractivity contribution in [3.05, 3.63) is 89.5 Å². The molecule has 32 heavy (non-hydrogen) atoms. The number of nitrogens with one attached hydrogen (secondary N) is 2. The molecule has 0 heterocycles. The Hall–Kier alpha value is -3.16. The van der Waals surface area contributed by atoms with Crippen molar-refractivity contribution in [1.29, 1.82) is 0 Å². The standard InChI is InChI=1S/C25H28N2O4S/c1-4-31-22-10-12-23(13-11-22)32(29,30)27-24(17-20-8-6-5-7-9-20)25(28)26-21-15-18(2)14-19(3)16-21/h5-16,24,27H,4,17H2,1-3H3,(H,26,28)/t24-/m0/s1. The zero-order valence-electron chi connectivity index (χ0n) is 18.5. The molecule has 1 atom stereocenters. The monoisotopic (exact) mass is 452 g/mol. The van der Waals surface area contributed by atoms with E-state index in [4.69, 9.17) is 4.74 Å². The van der Waals surface area contributed by atoms with E-state index in [1.807, 2.05) is 69.3 Å². The average Bonchev–Trinajstić information content (AvgIpc) is 2.74. The van der Waals surface area contributed by atoms with Crippen molar-refractivity contribution in [1.82, 2.24) is 4.72 Å². The zero-order chi connectivity index (χ0) is 23.1. The molecular formula is C25H28N2O4S. The van der Waals surface area contributed by atoms with Crippen molar-refractivity contribution in [3.63, 3.8) is 0 Å². The van der Waals surface area contributed by atoms with Gasteiger partial charge in [0.25, 0.3) is 0 Å². The maximum Gasteiger partial charge on any atom is 0.242 e. The summed E-state index contributed by atoms with van der Waals surface area (Å²) in [6.07, 6.45) is 0.216. The summed E-state index contributed by atoms with van der Waals surface area (Å²) < 4.78 is 34.0. The molecule has 0 aliphatic rings. The number of aryl methyl sites for hydroxylation is 2. The summed E-state index contributed by atoms with van der Waals surface area (Å²) in [4.78, 5) is 13.2. The minimum absolute atomic E-state index is 0.0678. The first-order valence-corrected chi connectivity index (χ1v) is 11.9. The average molecular weight is 453 g/mol. The fourth-order valence-corrected chi connectivity index (χ4v) is 4.65. The molecule has 0 aromatic heterocycles. The van der Waals surface area contributed by atoms with E-state index in [-0.39, 0.29) is 11.3 Å². The molecule has 0 saturated carbocycles. The predicted octanol–water partition coefficient (Wildman–Crippen LogP) is 4.23. The molecule has 1 amide bonds. The van der Waals surface area contributed by atoms with Gasteiger partial charge in [-0.15, -0.1) is 0 Å². The Labute approximate surface area is 189 Å². The molecule has 0 unspecified atom stereocenters. The van der Waals surface area contributed by atoms with Gasteiger partial charge in [0.15, 0.2) is 0 Å². The third kappa shape index (κ3) is 6.42. The van der Waals surface area contributed by atoms with Gasteiger partial charge in [0, 0.05) is 5.69 Å². The Morgan fingerprint density at radius 1 is 0.938 bits per heavy atom. The highest BCUT2D eigenvalue weighted by Gasteiger charge is 2.26. The Balaban J connectivity index is 1.85. The minimum atomic E-state index is -3.93. The summed E-state index contributed by atoms with van der Waals surface area (Å²) in [7, 11) is -3.93. The molecule has 0 aliphatic carbocycles. The van der Waals surface area contributed by atoms with E-state index >= 15 is 0 Å². The summed E-state index contributed by atoms with van der Waals surface area (Å²) in [5.41, 5.74) is 3.50. The predicted molar refractivity (Wildman–Crippen MR) is 126 cm³/mol. The smallest absolute Gasteiger partial charge is 0.242 e. The van der Waals surface area contributed by atoms with Crippen LogP contribution in [-0.4, -0.2) is 27.0 Å². The Bertz CT molecular complexity index is 1140. The van der Waals surface area contributed by atoms with Gasteiger partial charge in [-0.3, -0.25) is 4.79 Å². The molecule has 0 saturated heterocycles. The van der Waals surface area contributed by atoms with Crippen LogP contribution in [0.2, 0.25) is 0 Å². The van der Waals surface area contributed by atoms with Gasteiger partial charge in [0.1, 0.15) is 11.8 Å². The first-order chi connectivity index (χ1) is 15.3. The number of carbonyl (C=O) groups excluding carboxylic acids is 1. The molecular weight excluding hydrogens is 424 g/mol. The van der Waals surface area contributed by atoms with Crippen LogP contribution in [0.15, 0.2) is 77.7 Å². The molecule has 7 heteroatoms. The van der Waals surface area contributed by atoms with Crippen molar-refractivity contribution in [2.24, 2.45) is 0 Å². The zero-order valence-corrected chi connectivity index (χ0v) is 19.3. The molecule has 0 bridgehead atoms. The van der Waals surface area contributed by atoms with Crippen LogP contribution in [0, 0.1) is 13.8 Å². The maximum atomic E-state index is 13.1. The number of hydrogen-bond acceptors (Lipinski definition) is 4.